The number of carbonyl (C=O) groups is 1. The molecule has 1 amide bonds. The molecule has 2 aromatic carbocycles. The van der Waals surface area contributed by atoms with Gasteiger partial charge in [-0.1, -0.05) is 42.1 Å². The van der Waals surface area contributed by atoms with Gasteiger partial charge in [0.1, 0.15) is 5.84 Å². The predicted molar refractivity (Wildman–Crippen MR) is 76.4 cm³/mol. The Hall–Kier alpha value is -2.07. The van der Waals surface area contributed by atoms with Crippen molar-refractivity contribution in [2.45, 2.75) is 16.2 Å². The van der Waals surface area contributed by atoms with Crippen LogP contribution in [-0.4, -0.2) is 11.7 Å². The molecule has 3 rings (SSSR count). The first kappa shape index (κ1) is 12.0. The van der Waals surface area contributed by atoms with Crippen molar-refractivity contribution in [3.05, 3.63) is 59.7 Å². The third kappa shape index (κ3) is 2.39. The number of benzene rings is 2. The normalized spacial score (nSPS) is 13.9. The first-order valence-corrected chi connectivity index (χ1v) is 6.78. The van der Waals surface area contributed by atoms with Crippen molar-refractivity contribution in [1.82, 2.24) is 0 Å². The maximum Gasteiger partial charge on any atom is 0.252 e. The average molecular weight is 268 g/mol. The Morgan fingerprint density at radius 2 is 1.84 bits per heavy atom. The van der Waals surface area contributed by atoms with E-state index in [-0.39, 0.29) is 5.91 Å². The van der Waals surface area contributed by atoms with E-state index in [9.17, 15) is 4.79 Å². The summed E-state index contributed by atoms with van der Waals surface area (Å²) in [6.07, 6.45) is 0.333. The van der Waals surface area contributed by atoms with Crippen LogP contribution in [-0.2, 0) is 11.2 Å². The molecule has 0 fully saturated rings. The topological polar surface area (TPSA) is 55.4 Å². The van der Waals surface area contributed by atoms with Gasteiger partial charge in [0.2, 0.25) is 0 Å². The summed E-state index contributed by atoms with van der Waals surface area (Å²) in [5.41, 5.74) is 7.76. The van der Waals surface area contributed by atoms with E-state index in [1.807, 2.05) is 48.5 Å². The van der Waals surface area contributed by atoms with E-state index in [0.717, 1.165) is 20.9 Å². The standard InChI is InChI=1S/C15H12N2OS/c16-15-14-10(9-13(18)17-15)5-4-8-12(14)19-11-6-2-1-3-7-11/h1-8H,9H2,(H2,16,17,18). The molecule has 2 N–H and O–H groups in total. The highest BCUT2D eigenvalue weighted by molar-refractivity contribution is 7.99. The maximum atomic E-state index is 11.4. The fourth-order valence-electron chi connectivity index (χ4n) is 2.11. The second-order valence-corrected chi connectivity index (χ2v) is 5.39. The van der Waals surface area contributed by atoms with Crippen LogP contribution in [0.1, 0.15) is 11.1 Å². The second kappa shape index (κ2) is 4.90. The number of rotatable bonds is 2. The number of fused-ring (bicyclic) bond motifs is 1. The summed E-state index contributed by atoms with van der Waals surface area (Å²) in [5, 5.41) is 0. The molecular weight excluding hydrogens is 256 g/mol. The molecule has 94 valence electrons. The van der Waals surface area contributed by atoms with E-state index >= 15 is 0 Å². The van der Waals surface area contributed by atoms with Crippen molar-refractivity contribution < 1.29 is 4.79 Å². The minimum Gasteiger partial charge on any atom is -0.383 e. The van der Waals surface area contributed by atoms with E-state index in [2.05, 4.69) is 4.99 Å². The summed E-state index contributed by atoms with van der Waals surface area (Å²) in [7, 11) is 0. The van der Waals surface area contributed by atoms with Crippen molar-refractivity contribution in [3.63, 3.8) is 0 Å². The lowest BCUT2D eigenvalue weighted by Crippen LogP contribution is -2.24. The Bertz CT molecular complexity index is 665. The number of aliphatic imine (C=N–C) groups is 1. The molecule has 19 heavy (non-hydrogen) atoms. The number of nitrogens with two attached hydrogens (primary N) is 1. The van der Waals surface area contributed by atoms with Crippen LogP contribution in [0.2, 0.25) is 0 Å². The van der Waals surface area contributed by atoms with E-state index in [1.54, 1.807) is 11.8 Å². The Morgan fingerprint density at radius 3 is 2.63 bits per heavy atom. The first-order valence-electron chi connectivity index (χ1n) is 5.96. The van der Waals surface area contributed by atoms with E-state index in [0.29, 0.717) is 12.3 Å². The zero-order chi connectivity index (χ0) is 13.2. The van der Waals surface area contributed by atoms with E-state index in [4.69, 9.17) is 5.73 Å². The van der Waals surface area contributed by atoms with Crippen LogP contribution in [0, 0.1) is 0 Å². The van der Waals surface area contributed by atoms with Gasteiger partial charge in [-0.3, -0.25) is 4.79 Å². The number of hydrogen-bond donors (Lipinski definition) is 1. The number of nitrogens with zero attached hydrogens (tertiary/aromatic N) is 1. The third-order valence-electron chi connectivity index (χ3n) is 2.93. The van der Waals surface area contributed by atoms with Crippen LogP contribution >= 0.6 is 11.8 Å². The van der Waals surface area contributed by atoms with Crippen molar-refractivity contribution in [1.29, 1.82) is 0 Å². The average Bonchev–Trinajstić information content (AvgIpc) is 2.39. The van der Waals surface area contributed by atoms with Crippen molar-refractivity contribution >= 4 is 23.5 Å². The van der Waals surface area contributed by atoms with Crippen LogP contribution in [0.4, 0.5) is 0 Å². The molecule has 1 aliphatic rings. The lowest BCUT2D eigenvalue weighted by molar-refractivity contribution is -0.117. The van der Waals surface area contributed by atoms with Gasteiger partial charge in [0.25, 0.3) is 5.91 Å². The summed E-state index contributed by atoms with van der Waals surface area (Å²) in [4.78, 5) is 17.5. The van der Waals surface area contributed by atoms with Crippen LogP contribution < -0.4 is 5.73 Å². The van der Waals surface area contributed by atoms with Crippen LogP contribution in [0.25, 0.3) is 0 Å². The quantitative estimate of drug-likeness (QED) is 0.911. The van der Waals surface area contributed by atoms with Crippen molar-refractivity contribution in [2.75, 3.05) is 0 Å². The number of amides is 1. The third-order valence-corrected chi connectivity index (χ3v) is 3.99. The minimum absolute atomic E-state index is 0.174. The zero-order valence-corrected chi connectivity index (χ0v) is 11.0. The SMILES string of the molecule is NC1=NC(=O)Cc2cccc(Sc3ccccc3)c21. The molecular formula is C15H12N2OS. The molecule has 1 heterocycles. The Balaban J connectivity index is 2.04. The van der Waals surface area contributed by atoms with Gasteiger partial charge in [0.05, 0.1) is 6.42 Å². The summed E-state index contributed by atoms with van der Waals surface area (Å²) in [6, 6.07) is 16.0. The van der Waals surface area contributed by atoms with Crippen molar-refractivity contribution in [2.24, 2.45) is 10.7 Å². The minimum atomic E-state index is -0.174. The van der Waals surface area contributed by atoms with Gasteiger partial charge in [-0.25, -0.2) is 0 Å². The van der Waals surface area contributed by atoms with Gasteiger partial charge in [0.15, 0.2) is 0 Å². The molecule has 4 heteroatoms. The lowest BCUT2D eigenvalue weighted by atomic mass is 10.0. The van der Waals surface area contributed by atoms with Gasteiger partial charge in [-0.2, -0.15) is 4.99 Å². The summed E-state index contributed by atoms with van der Waals surface area (Å²) >= 11 is 1.64. The van der Waals surface area contributed by atoms with Gasteiger partial charge < -0.3 is 5.73 Å². The van der Waals surface area contributed by atoms with Crippen molar-refractivity contribution in [3.8, 4) is 0 Å². The molecule has 0 atom stereocenters. The van der Waals surface area contributed by atoms with Gasteiger partial charge >= 0.3 is 0 Å². The smallest absolute Gasteiger partial charge is 0.252 e. The largest absolute Gasteiger partial charge is 0.383 e. The van der Waals surface area contributed by atoms with Crippen LogP contribution in [0.5, 0.6) is 0 Å². The summed E-state index contributed by atoms with van der Waals surface area (Å²) < 4.78 is 0. The summed E-state index contributed by atoms with van der Waals surface area (Å²) in [6.45, 7) is 0. The number of hydrogen-bond acceptors (Lipinski definition) is 3. The highest BCUT2D eigenvalue weighted by Gasteiger charge is 2.20. The van der Waals surface area contributed by atoms with E-state index < -0.39 is 0 Å². The van der Waals surface area contributed by atoms with Gasteiger partial charge in [-0.15, -0.1) is 0 Å². The number of amidine groups is 1. The predicted octanol–water partition coefficient (Wildman–Crippen LogP) is 2.63. The molecule has 2 aromatic rings. The van der Waals surface area contributed by atoms with Gasteiger partial charge in [-0.05, 0) is 23.8 Å². The fraction of sp³-hybridized carbons (Fsp3) is 0.0667. The molecule has 3 nitrogen and oxygen atoms in total. The maximum absolute atomic E-state index is 11.4. The molecule has 0 saturated heterocycles. The summed E-state index contributed by atoms with van der Waals surface area (Å²) in [5.74, 6) is 0.150. The molecule has 0 unspecified atom stereocenters. The van der Waals surface area contributed by atoms with Gasteiger partial charge in [0, 0.05) is 15.4 Å². The monoisotopic (exact) mass is 268 g/mol. The first-order chi connectivity index (χ1) is 9.24. The van der Waals surface area contributed by atoms with E-state index in [1.165, 1.54) is 0 Å². The molecule has 0 radical (unpaired) electrons. The Kier molecular flexibility index (Phi) is 3.09. The fourth-order valence-corrected chi connectivity index (χ4v) is 3.14. The zero-order valence-electron chi connectivity index (χ0n) is 10.2. The van der Waals surface area contributed by atoms with Crippen LogP contribution in [0.3, 0.4) is 0 Å². The van der Waals surface area contributed by atoms with Crippen LogP contribution in [0.15, 0.2) is 63.3 Å². The molecule has 1 aliphatic heterocycles. The Morgan fingerprint density at radius 1 is 1.05 bits per heavy atom. The number of carbonyl (C=O) groups excluding carboxylic acids is 1. The molecule has 0 aromatic heterocycles. The molecule has 0 spiro atoms. The molecule has 0 saturated carbocycles. The highest BCUT2D eigenvalue weighted by Crippen LogP contribution is 2.33. The molecule has 0 aliphatic carbocycles. The molecule has 0 bridgehead atoms. The Labute approximate surface area is 115 Å². The lowest BCUT2D eigenvalue weighted by Gasteiger charge is -2.16. The highest BCUT2D eigenvalue weighted by atomic mass is 32.2. The second-order valence-electron chi connectivity index (χ2n) is 4.27.